The van der Waals surface area contributed by atoms with Crippen molar-refractivity contribution >= 4 is 0 Å². The fraction of sp³-hybridized carbons (Fsp3) is 0.571. The largest absolute Gasteiger partial charge is 0.490 e. The molecule has 0 aliphatic carbocycles. The fourth-order valence-corrected chi connectivity index (χ4v) is 1.47. The Morgan fingerprint density at radius 2 is 2.00 bits per heavy atom. The minimum atomic E-state index is -0.788. The van der Waals surface area contributed by atoms with E-state index in [9.17, 15) is 5.11 Å². The normalized spacial score (nSPS) is 16.3. The van der Waals surface area contributed by atoms with Crippen molar-refractivity contribution in [2.45, 2.75) is 45.3 Å². The van der Waals surface area contributed by atoms with E-state index in [1.807, 2.05) is 38.1 Å². The lowest BCUT2D eigenvalue weighted by molar-refractivity contribution is 0.00807. The highest BCUT2D eigenvalue weighted by atomic mass is 16.5. The monoisotopic (exact) mass is 237 g/mol. The van der Waals surface area contributed by atoms with Crippen molar-refractivity contribution in [1.29, 1.82) is 0 Å². The smallest absolute Gasteiger partial charge is 0.124 e. The van der Waals surface area contributed by atoms with E-state index in [0.29, 0.717) is 6.42 Å². The lowest BCUT2D eigenvalue weighted by atomic mass is 10.0. The molecule has 2 unspecified atom stereocenters. The molecule has 0 saturated carbocycles. The first-order valence-electron chi connectivity index (χ1n) is 6.20. The second-order valence-electron chi connectivity index (χ2n) is 4.69. The van der Waals surface area contributed by atoms with Gasteiger partial charge in [0.25, 0.3) is 0 Å². The SMILES string of the molecule is CCC(N)c1ccccc1OCC(C)(O)CC. The standard InChI is InChI=1S/C14H23NO2/c1-4-12(15)11-8-6-7-9-13(11)17-10-14(3,16)5-2/h6-9,12,16H,4-5,10,15H2,1-3H3. The summed E-state index contributed by atoms with van der Waals surface area (Å²) >= 11 is 0. The molecule has 0 fully saturated rings. The molecule has 0 saturated heterocycles. The maximum absolute atomic E-state index is 9.91. The molecule has 1 rings (SSSR count). The van der Waals surface area contributed by atoms with Crippen LogP contribution in [-0.4, -0.2) is 17.3 Å². The van der Waals surface area contributed by atoms with E-state index >= 15 is 0 Å². The van der Waals surface area contributed by atoms with Gasteiger partial charge in [0, 0.05) is 11.6 Å². The molecular formula is C14H23NO2. The molecule has 0 aliphatic heterocycles. The third kappa shape index (κ3) is 4.02. The number of hydrogen-bond acceptors (Lipinski definition) is 3. The Hall–Kier alpha value is -1.06. The summed E-state index contributed by atoms with van der Waals surface area (Å²) in [7, 11) is 0. The van der Waals surface area contributed by atoms with Gasteiger partial charge in [-0.2, -0.15) is 0 Å². The van der Waals surface area contributed by atoms with E-state index in [0.717, 1.165) is 17.7 Å². The van der Waals surface area contributed by atoms with Crippen molar-refractivity contribution in [2.75, 3.05) is 6.61 Å². The van der Waals surface area contributed by atoms with Crippen LogP contribution in [-0.2, 0) is 0 Å². The zero-order valence-electron chi connectivity index (χ0n) is 10.9. The Balaban J connectivity index is 2.77. The van der Waals surface area contributed by atoms with Gasteiger partial charge in [-0.1, -0.05) is 32.0 Å². The van der Waals surface area contributed by atoms with Crippen molar-refractivity contribution < 1.29 is 9.84 Å². The zero-order chi connectivity index (χ0) is 12.9. The minimum Gasteiger partial charge on any atom is -0.490 e. The fourth-order valence-electron chi connectivity index (χ4n) is 1.47. The van der Waals surface area contributed by atoms with Gasteiger partial charge in [-0.25, -0.2) is 0 Å². The van der Waals surface area contributed by atoms with Crippen molar-refractivity contribution in [2.24, 2.45) is 5.73 Å². The van der Waals surface area contributed by atoms with Gasteiger partial charge in [0.05, 0.1) is 5.60 Å². The molecule has 1 aromatic carbocycles. The Morgan fingerprint density at radius 1 is 1.35 bits per heavy atom. The molecule has 3 heteroatoms. The molecule has 0 radical (unpaired) electrons. The van der Waals surface area contributed by atoms with Crippen LogP contribution in [0.4, 0.5) is 0 Å². The molecule has 0 bridgehead atoms. The summed E-state index contributed by atoms with van der Waals surface area (Å²) in [5, 5.41) is 9.91. The first-order valence-corrected chi connectivity index (χ1v) is 6.20. The summed E-state index contributed by atoms with van der Waals surface area (Å²) in [4.78, 5) is 0. The van der Waals surface area contributed by atoms with Gasteiger partial charge in [0.1, 0.15) is 12.4 Å². The highest BCUT2D eigenvalue weighted by Crippen LogP contribution is 2.26. The number of benzene rings is 1. The highest BCUT2D eigenvalue weighted by molar-refractivity contribution is 5.35. The third-order valence-electron chi connectivity index (χ3n) is 3.06. The van der Waals surface area contributed by atoms with Crippen LogP contribution in [0.1, 0.15) is 45.2 Å². The average molecular weight is 237 g/mol. The first-order chi connectivity index (χ1) is 8.00. The van der Waals surface area contributed by atoms with E-state index in [4.69, 9.17) is 10.5 Å². The number of hydrogen-bond donors (Lipinski definition) is 2. The quantitative estimate of drug-likeness (QED) is 0.799. The lowest BCUT2D eigenvalue weighted by Crippen LogP contribution is -2.31. The molecule has 96 valence electrons. The van der Waals surface area contributed by atoms with Gasteiger partial charge in [-0.15, -0.1) is 0 Å². The zero-order valence-corrected chi connectivity index (χ0v) is 10.9. The van der Waals surface area contributed by atoms with Gasteiger partial charge >= 0.3 is 0 Å². The van der Waals surface area contributed by atoms with Gasteiger partial charge in [-0.05, 0) is 25.8 Å². The third-order valence-corrected chi connectivity index (χ3v) is 3.06. The van der Waals surface area contributed by atoms with Crippen LogP contribution < -0.4 is 10.5 Å². The number of ether oxygens (including phenoxy) is 1. The maximum atomic E-state index is 9.91. The molecule has 17 heavy (non-hydrogen) atoms. The molecule has 3 N–H and O–H groups in total. The second-order valence-corrected chi connectivity index (χ2v) is 4.69. The summed E-state index contributed by atoms with van der Waals surface area (Å²) in [5.41, 5.74) is 6.24. The molecule has 1 aromatic rings. The summed E-state index contributed by atoms with van der Waals surface area (Å²) in [6.07, 6.45) is 1.53. The summed E-state index contributed by atoms with van der Waals surface area (Å²) in [5.74, 6) is 0.774. The van der Waals surface area contributed by atoms with E-state index in [1.165, 1.54) is 0 Å². The van der Waals surface area contributed by atoms with E-state index in [1.54, 1.807) is 6.92 Å². The van der Waals surface area contributed by atoms with E-state index < -0.39 is 5.60 Å². The van der Waals surface area contributed by atoms with E-state index in [2.05, 4.69) is 0 Å². The summed E-state index contributed by atoms with van der Waals surface area (Å²) in [6, 6.07) is 7.73. The molecule has 2 atom stereocenters. The Kier molecular flexibility index (Phi) is 4.97. The van der Waals surface area contributed by atoms with Crippen LogP contribution in [0.25, 0.3) is 0 Å². The predicted molar refractivity (Wildman–Crippen MR) is 70.1 cm³/mol. The van der Waals surface area contributed by atoms with Gasteiger partial charge in [0.2, 0.25) is 0 Å². The lowest BCUT2D eigenvalue weighted by Gasteiger charge is -2.23. The number of nitrogens with two attached hydrogens (primary N) is 1. The predicted octanol–water partition coefficient (Wildman–Crippen LogP) is 2.64. The Bertz CT molecular complexity index is 350. The van der Waals surface area contributed by atoms with Crippen LogP contribution >= 0.6 is 0 Å². The summed E-state index contributed by atoms with van der Waals surface area (Å²) in [6.45, 7) is 6.04. The van der Waals surface area contributed by atoms with Crippen molar-refractivity contribution in [1.82, 2.24) is 0 Å². The van der Waals surface area contributed by atoms with Crippen molar-refractivity contribution in [3.8, 4) is 5.75 Å². The van der Waals surface area contributed by atoms with Crippen LogP contribution in [0.5, 0.6) is 5.75 Å². The van der Waals surface area contributed by atoms with Crippen LogP contribution in [0.2, 0.25) is 0 Å². The average Bonchev–Trinajstić information content (AvgIpc) is 2.36. The molecule has 3 nitrogen and oxygen atoms in total. The number of aliphatic hydroxyl groups is 1. The number of rotatable bonds is 6. The van der Waals surface area contributed by atoms with E-state index in [-0.39, 0.29) is 12.6 Å². The van der Waals surface area contributed by atoms with Crippen LogP contribution in [0.15, 0.2) is 24.3 Å². The van der Waals surface area contributed by atoms with Crippen molar-refractivity contribution in [3.63, 3.8) is 0 Å². The van der Waals surface area contributed by atoms with Crippen LogP contribution in [0.3, 0.4) is 0 Å². The number of para-hydroxylation sites is 1. The molecular weight excluding hydrogens is 214 g/mol. The summed E-state index contributed by atoms with van der Waals surface area (Å²) < 4.78 is 5.69. The van der Waals surface area contributed by atoms with Crippen LogP contribution in [0, 0.1) is 0 Å². The second kappa shape index (κ2) is 6.03. The molecule has 0 spiro atoms. The Labute approximate surface area is 104 Å². The minimum absolute atomic E-state index is 0.0159. The first kappa shape index (κ1) is 14.0. The topological polar surface area (TPSA) is 55.5 Å². The molecule has 0 aromatic heterocycles. The van der Waals surface area contributed by atoms with Gasteiger partial charge in [-0.3, -0.25) is 0 Å². The molecule has 0 heterocycles. The Morgan fingerprint density at radius 3 is 2.59 bits per heavy atom. The van der Waals surface area contributed by atoms with Crippen molar-refractivity contribution in [3.05, 3.63) is 29.8 Å². The van der Waals surface area contributed by atoms with Gasteiger partial charge in [0.15, 0.2) is 0 Å². The molecule has 0 aliphatic rings. The van der Waals surface area contributed by atoms with Gasteiger partial charge < -0.3 is 15.6 Å². The maximum Gasteiger partial charge on any atom is 0.124 e. The highest BCUT2D eigenvalue weighted by Gasteiger charge is 2.19. The molecule has 0 amide bonds.